The number of hydrogen-bond acceptors (Lipinski definition) is 1. The van der Waals surface area contributed by atoms with Crippen LogP contribution in [0.2, 0.25) is 5.02 Å². The molecule has 1 aromatic rings. The molecule has 3 nitrogen and oxygen atoms in total. The van der Waals surface area contributed by atoms with Crippen molar-refractivity contribution < 1.29 is 15.0 Å². The van der Waals surface area contributed by atoms with Crippen LogP contribution >= 0.6 is 11.6 Å². The molecule has 0 spiro atoms. The van der Waals surface area contributed by atoms with Gasteiger partial charge in [0.25, 0.3) is 0 Å². The van der Waals surface area contributed by atoms with Crippen molar-refractivity contribution in [3.63, 3.8) is 0 Å². The lowest BCUT2D eigenvalue weighted by Gasteiger charge is -1.95. The third kappa shape index (κ3) is 1.62. The van der Waals surface area contributed by atoms with E-state index in [1.807, 2.05) is 0 Å². The minimum absolute atomic E-state index is 0.252. The normalized spacial score (nSPS) is 9.55. The van der Waals surface area contributed by atoms with Crippen LogP contribution in [0.1, 0.15) is 10.4 Å². The minimum Gasteiger partial charge on any atom is -0.478 e. The van der Waals surface area contributed by atoms with Gasteiger partial charge >= 0.3 is 5.97 Å². The fraction of sp³-hybridized carbons (Fsp3) is 0. The molecule has 0 saturated carbocycles. The van der Waals surface area contributed by atoms with Gasteiger partial charge in [-0.2, -0.15) is 0 Å². The number of halogens is 1. The Hall–Kier alpha value is -1.22. The molecule has 1 N–H and O–H groups in total. The van der Waals surface area contributed by atoms with Crippen LogP contribution in [0.25, 0.3) is 0 Å². The van der Waals surface area contributed by atoms with Crippen molar-refractivity contribution in [2.45, 2.75) is 0 Å². The first-order valence-electron chi connectivity index (χ1n) is 2.81. The Kier molecular flexibility index (Phi) is 2.01. The van der Waals surface area contributed by atoms with Crippen LogP contribution in [-0.2, 0) is 5.11 Å². The summed E-state index contributed by atoms with van der Waals surface area (Å²) < 4.78 is 0. The highest BCUT2D eigenvalue weighted by Crippen LogP contribution is 2.21. The average Bonchev–Trinajstić information content (AvgIpc) is 1.94. The summed E-state index contributed by atoms with van der Waals surface area (Å²) >= 11 is 5.46. The van der Waals surface area contributed by atoms with Gasteiger partial charge in [-0.1, -0.05) is 11.6 Å². The van der Waals surface area contributed by atoms with Gasteiger partial charge in [-0.05, 0) is 18.2 Å². The van der Waals surface area contributed by atoms with E-state index in [0.29, 0.717) is 0 Å². The van der Waals surface area contributed by atoms with Gasteiger partial charge in [0.2, 0.25) is 0 Å². The molecule has 1 aromatic carbocycles. The molecule has 0 fully saturated rings. The SMILES string of the molecule is [O]c1ccc(Cl)cc1C(=O)O. The fourth-order valence-corrected chi connectivity index (χ4v) is 0.841. The van der Waals surface area contributed by atoms with Gasteiger partial charge < -0.3 is 5.11 Å². The minimum atomic E-state index is -1.25. The van der Waals surface area contributed by atoms with E-state index in [0.717, 1.165) is 12.1 Å². The number of rotatable bonds is 1. The monoisotopic (exact) mass is 171 g/mol. The molecule has 1 rings (SSSR count). The fourth-order valence-electron chi connectivity index (χ4n) is 0.669. The van der Waals surface area contributed by atoms with Crippen molar-refractivity contribution >= 4 is 17.6 Å². The van der Waals surface area contributed by atoms with Crippen molar-refractivity contribution in [2.24, 2.45) is 0 Å². The van der Waals surface area contributed by atoms with Gasteiger partial charge in [-0.3, -0.25) is 5.11 Å². The first-order chi connectivity index (χ1) is 5.11. The first kappa shape index (κ1) is 7.88. The molecule has 57 valence electrons. The van der Waals surface area contributed by atoms with Gasteiger partial charge in [0.1, 0.15) is 5.56 Å². The molecule has 0 aliphatic rings. The van der Waals surface area contributed by atoms with Crippen molar-refractivity contribution in [3.05, 3.63) is 28.8 Å². The largest absolute Gasteiger partial charge is 0.478 e. The lowest BCUT2D eigenvalue weighted by molar-refractivity contribution is 0.0692. The third-order valence-corrected chi connectivity index (χ3v) is 1.41. The molecular formula is C7H4ClO3. The molecule has 0 bridgehead atoms. The summed E-state index contributed by atoms with van der Waals surface area (Å²) in [7, 11) is 0. The summed E-state index contributed by atoms with van der Waals surface area (Å²) in [5.41, 5.74) is -0.294. The van der Waals surface area contributed by atoms with Gasteiger partial charge in [-0.25, -0.2) is 4.79 Å². The van der Waals surface area contributed by atoms with E-state index in [1.165, 1.54) is 6.07 Å². The van der Waals surface area contributed by atoms with Crippen LogP contribution in [0, 0.1) is 0 Å². The second-order valence-corrected chi connectivity index (χ2v) is 2.38. The van der Waals surface area contributed by atoms with Crippen molar-refractivity contribution in [3.8, 4) is 5.75 Å². The Balaban J connectivity index is 3.23. The number of carboxylic acids is 1. The van der Waals surface area contributed by atoms with Gasteiger partial charge in [0.05, 0.1) is 0 Å². The molecule has 0 aliphatic heterocycles. The Bertz CT molecular complexity index is 296. The van der Waals surface area contributed by atoms with E-state index in [1.54, 1.807) is 0 Å². The number of carbonyl (C=O) groups is 1. The lowest BCUT2D eigenvalue weighted by atomic mass is 10.2. The molecule has 0 heterocycles. The number of carboxylic acid groups (broad SMARTS) is 1. The standard InChI is InChI=1S/C7H4ClO3/c8-4-1-2-6(9)5(3-4)7(10)11/h1-3H,(H,10,11). The molecule has 0 saturated heterocycles. The second-order valence-electron chi connectivity index (χ2n) is 1.95. The molecule has 1 radical (unpaired) electrons. The smallest absolute Gasteiger partial charge is 0.339 e. The van der Waals surface area contributed by atoms with Gasteiger partial charge in [0, 0.05) is 5.02 Å². The summed E-state index contributed by atoms with van der Waals surface area (Å²) in [6, 6.07) is 3.62. The first-order valence-corrected chi connectivity index (χ1v) is 3.19. The lowest BCUT2D eigenvalue weighted by Crippen LogP contribution is -1.95. The molecule has 0 atom stereocenters. The van der Waals surface area contributed by atoms with Gasteiger partial charge in [-0.15, -0.1) is 0 Å². The summed E-state index contributed by atoms with van der Waals surface area (Å²) in [5, 5.41) is 19.5. The van der Waals surface area contributed by atoms with E-state index in [9.17, 15) is 9.90 Å². The van der Waals surface area contributed by atoms with Crippen molar-refractivity contribution in [1.29, 1.82) is 0 Å². The summed E-state index contributed by atoms with van der Waals surface area (Å²) in [6.07, 6.45) is 0. The highest BCUT2D eigenvalue weighted by molar-refractivity contribution is 6.31. The van der Waals surface area contributed by atoms with Crippen molar-refractivity contribution in [2.75, 3.05) is 0 Å². The Labute approximate surface area is 67.8 Å². The Morgan fingerprint density at radius 3 is 2.55 bits per heavy atom. The maximum atomic E-state index is 10.8. The maximum absolute atomic E-state index is 10.8. The molecule has 0 aliphatic carbocycles. The summed E-state index contributed by atoms with van der Waals surface area (Å²) in [4.78, 5) is 10.3. The van der Waals surface area contributed by atoms with E-state index in [2.05, 4.69) is 0 Å². The zero-order valence-corrected chi connectivity index (χ0v) is 6.13. The zero-order valence-electron chi connectivity index (χ0n) is 5.37. The highest BCUT2D eigenvalue weighted by Gasteiger charge is 2.10. The molecular weight excluding hydrogens is 168 g/mol. The molecule has 0 amide bonds. The summed E-state index contributed by atoms with van der Waals surface area (Å²) in [6.45, 7) is 0. The third-order valence-electron chi connectivity index (χ3n) is 1.17. The number of hydrogen-bond donors (Lipinski definition) is 1. The Morgan fingerprint density at radius 2 is 2.09 bits per heavy atom. The predicted octanol–water partition coefficient (Wildman–Crippen LogP) is 2.18. The second kappa shape index (κ2) is 2.80. The molecule has 4 heteroatoms. The van der Waals surface area contributed by atoms with Crippen molar-refractivity contribution in [1.82, 2.24) is 0 Å². The van der Waals surface area contributed by atoms with Gasteiger partial charge in [0.15, 0.2) is 5.75 Å². The average molecular weight is 172 g/mol. The Morgan fingerprint density at radius 1 is 1.45 bits per heavy atom. The van der Waals surface area contributed by atoms with E-state index >= 15 is 0 Å². The quantitative estimate of drug-likeness (QED) is 0.704. The van der Waals surface area contributed by atoms with Crippen LogP contribution < -0.4 is 0 Å². The van der Waals surface area contributed by atoms with E-state index in [-0.39, 0.29) is 10.6 Å². The van der Waals surface area contributed by atoms with E-state index in [4.69, 9.17) is 16.7 Å². The highest BCUT2D eigenvalue weighted by atomic mass is 35.5. The number of aromatic carboxylic acids is 1. The molecule has 0 unspecified atom stereocenters. The predicted molar refractivity (Wildman–Crippen MR) is 38.5 cm³/mol. The topological polar surface area (TPSA) is 57.2 Å². The molecule has 0 aromatic heterocycles. The van der Waals surface area contributed by atoms with Crippen LogP contribution in [0.3, 0.4) is 0 Å². The number of benzene rings is 1. The zero-order chi connectivity index (χ0) is 8.43. The summed E-state index contributed by atoms with van der Waals surface area (Å²) in [5.74, 6) is -1.78. The molecule has 11 heavy (non-hydrogen) atoms. The van der Waals surface area contributed by atoms with E-state index < -0.39 is 11.7 Å². The maximum Gasteiger partial charge on any atom is 0.339 e. The van der Waals surface area contributed by atoms with Crippen LogP contribution in [-0.4, -0.2) is 11.1 Å². The van der Waals surface area contributed by atoms with Crippen LogP contribution in [0.5, 0.6) is 5.75 Å². The van der Waals surface area contributed by atoms with Crippen LogP contribution in [0.4, 0.5) is 0 Å². The van der Waals surface area contributed by atoms with Crippen LogP contribution in [0.15, 0.2) is 18.2 Å².